The average Bonchev–Trinajstić information content (AvgIpc) is 2.87. The lowest BCUT2D eigenvalue weighted by atomic mass is 9.98. The number of rotatable bonds is 3. The standard InChI is InChI=1S/C14H15N3O3/c1-10-11(5-4-6-12(10)17(19)20)13(18)16-14(9-15)7-2-3-8-14/h4-6H,2-3,7-8H2,1H3,(H,16,18). The molecule has 1 aliphatic rings. The van der Waals surface area contributed by atoms with Crippen LogP contribution in [0.5, 0.6) is 0 Å². The summed E-state index contributed by atoms with van der Waals surface area (Å²) in [5.41, 5.74) is -0.342. The monoisotopic (exact) mass is 273 g/mol. The molecule has 6 heteroatoms. The lowest BCUT2D eigenvalue weighted by Gasteiger charge is -2.22. The second-order valence-corrected chi connectivity index (χ2v) is 5.06. The zero-order valence-corrected chi connectivity index (χ0v) is 11.2. The van der Waals surface area contributed by atoms with Gasteiger partial charge in [-0.3, -0.25) is 14.9 Å². The summed E-state index contributed by atoms with van der Waals surface area (Å²) in [7, 11) is 0. The molecule has 1 saturated carbocycles. The fourth-order valence-corrected chi connectivity index (χ4v) is 2.60. The summed E-state index contributed by atoms with van der Waals surface area (Å²) in [4.78, 5) is 22.6. The molecule has 0 unspecified atom stereocenters. The van der Waals surface area contributed by atoms with E-state index in [0.29, 0.717) is 18.4 Å². The van der Waals surface area contributed by atoms with Crippen molar-refractivity contribution in [3.05, 3.63) is 39.4 Å². The zero-order valence-electron chi connectivity index (χ0n) is 11.2. The van der Waals surface area contributed by atoms with Gasteiger partial charge < -0.3 is 5.32 Å². The fourth-order valence-electron chi connectivity index (χ4n) is 2.60. The molecule has 0 aliphatic heterocycles. The van der Waals surface area contributed by atoms with E-state index in [1.165, 1.54) is 18.2 Å². The van der Waals surface area contributed by atoms with E-state index >= 15 is 0 Å². The molecule has 0 radical (unpaired) electrons. The number of carbonyl (C=O) groups is 1. The molecule has 0 bridgehead atoms. The molecule has 0 atom stereocenters. The number of nitro benzene ring substituents is 1. The molecule has 20 heavy (non-hydrogen) atoms. The highest BCUT2D eigenvalue weighted by Crippen LogP contribution is 2.30. The number of nitrogens with zero attached hydrogens (tertiary/aromatic N) is 2. The molecule has 1 aromatic rings. The van der Waals surface area contributed by atoms with Crippen molar-refractivity contribution < 1.29 is 9.72 Å². The lowest BCUT2D eigenvalue weighted by molar-refractivity contribution is -0.385. The van der Waals surface area contributed by atoms with Crippen molar-refractivity contribution in [3.8, 4) is 6.07 Å². The van der Waals surface area contributed by atoms with Crippen LogP contribution >= 0.6 is 0 Å². The first-order valence-corrected chi connectivity index (χ1v) is 6.47. The van der Waals surface area contributed by atoms with E-state index in [1.54, 1.807) is 6.92 Å². The van der Waals surface area contributed by atoms with Crippen LogP contribution in [0, 0.1) is 28.4 Å². The van der Waals surface area contributed by atoms with Crippen molar-refractivity contribution in [3.63, 3.8) is 0 Å². The van der Waals surface area contributed by atoms with Crippen LogP contribution < -0.4 is 5.32 Å². The average molecular weight is 273 g/mol. The number of carbonyl (C=O) groups excluding carboxylic acids is 1. The van der Waals surface area contributed by atoms with Gasteiger partial charge in [-0.1, -0.05) is 6.07 Å². The van der Waals surface area contributed by atoms with E-state index in [1.807, 2.05) is 0 Å². The molecule has 1 amide bonds. The first-order chi connectivity index (χ1) is 9.49. The Labute approximate surface area is 116 Å². The van der Waals surface area contributed by atoms with Crippen molar-refractivity contribution in [2.75, 3.05) is 0 Å². The maximum atomic E-state index is 12.3. The van der Waals surface area contributed by atoms with E-state index in [9.17, 15) is 20.2 Å². The maximum absolute atomic E-state index is 12.3. The van der Waals surface area contributed by atoms with Gasteiger partial charge in [0.2, 0.25) is 0 Å². The Morgan fingerprint density at radius 1 is 1.45 bits per heavy atom. The first-order valence-electron chi connectivity index (χ1n) is 6.47. The Balaban J connectivity index is 2.28. The summed E-state index contributed by atoms with van der Waals surface area (Å²) in [6.07, 6.45) is 3.07. The van der Waals surface area contributed by atoms with Gasteiger partial charge in [0.05, 0.1) is 11.0 Å². The molecule has 1 aliphatic carbocycles. The third-order valence-electron chi connectivity index (χ3n) is 3.77. The topological polar surface area (TPSA) is 96.0 Å². The van der Waals surface area contributed by atoms with Gasteiger partial charge in [0.15, 0.2) is 0 Å². The van der Waals surface area contributed by atoms with Gasteiger partial charge in [-0.2, -0.15) is 5.26 Å². The van der Waals surface area contributed by atoms with Gasteiger partial charge >= 0.3 is 0 Å². The Bertz CT molecular complexity index is 598. The quantitative estimate of drug-likeness (QED) is 0.675. The van der Waals surface area contributed by atoms with Gasteiger partial charge in [0.1, 0.15) is 5.54 Å². The van der Waals surface area contributed by atoms with E-state index in [-0.39, 0.29) is 11.3 Å². The number of nitro groups is 1. The van der Waals surface area contributed by atoms with Crippen molar-refractivity contribution in [1.29, 1.82) is 5.26 Å². The summed E-state index contributed by atoms with van der Waals surface area (Å²) in [6, 6.07) is 6.55. The predicted octanol–water partition coefficient (Wildman–Crippen LogP) is 2.47. The lowest BCUT2D eigenvalue weighted by Crippen LogP contribution is -2.45. The first kappa shape index (κ1) is 14.0. The smallest absolute Gasteiger partial charge is 0.273 e. The Morgan fingerprint density at radius 2 is 2.10 bits per heavy atom. The highest BCUT2D eigenvalue weighted by atomic mass is 16.6. The van der Waals surface area contributed by atoms with Crippen LogP contribution in [0.1, 0.15) is 41.6 Å². The predicted molar refractivity (Wildman–Crippen MR) is 72.1 cm³/mol. The SMILES string of the molecule is Cc1c(C(=O)NC2(C#N)CCCC2)cccc1[N+](=O)[O-]. The van der Waals surface area contributed by atoms with Crippen LogP contribution in [-0.4, -0.2) is 16.4 Å². The highest BCUT2D eigenvalue weighted by molar-refractivity contribution is 5.97. The molecule has 0 spiro atoms. The van der Waals surface area contributed by atoms with Crippen LogP contribution in [0.2, 0.25) is 0 Å². The molecule has 1 fully saturated rings. The number of benzene rings is 1. The summed E-state index contributed by atoms with van der Waals surface area (Å²) in [5.74, 6) is -0.422. The van der Waals surface area contributed by atoms with E-state index in [0.717, 1.165) is 12.8 Å². The number of nitriles is 1. The van der Waals surface area contributed by atoms with Crippen molar-refractivity contribution >= 4 is 11.6 Å². The van der Waals surface area contributed by atoms with Crippen molar-refractivity contribution in [2.45, 2.75) is 38.1 Å². The van der Waals surface area contributed by atoms with Gasteiger partial charge in [0, 0.05) is 17.2 Å². The second-order valence-electron chi connectivity index (χ2n) is 5.06. The number of hydrogen-bond donors (Lipinski definition) is 1. The van der Waals surface area contributed by atoms with Crippen LogP contribution in [-0.2, 0) is 0 Å². The van der Waals surface area contributed by atoms with E-state index in [2.05, 4.69) is 11.4 Å². The van der Waals surface area contributed by atoms with E-state index < -0.39 is 16.4 Å². The van der Waals surface area contributed by atoms with Gasteiger partial charge in [-0.15, -0.1) is 0 Å². The third kappa shape index (κ3) is 2.48. The number of nitrogens with one attached hydrogen (secondary N) is 1. The summed E-state index contributed by atoms with van der Waals surface area (Å²) >= 11 is 0. The molecule has 0 saturated heterocycles. The van der Waals surface area contributed by atoms with Crippen LogP contribution in [0.4, 0.5) is 5.69 Å². The van der Waals surface area contributed by atoms with Crippen molar-refractivity contribution in [1.82, 2.24) is 5.32 Å². The number of hydrogen-bond acceptors (Lipinski definition) is 4. The minimum Gasteiger partial charge on any atom is -0.334 e. The molecule has 104 valence electrons. The zero-order chi connectivity index (χ0) is 14.8. The molecular formula is C14H15N3O3. The molecule has 1 aromatic carbocycles. The normalized spacial score (nSPS) is 16.4. The highest BCUT2D eigenvalue weighted by Gasteiger charge is 2.36. The fraction of sp³-hybridized carbons (Fsp3) is 0.429. The summed E-state index contributed by atoms with van der Waals surface area (Å²) in [5, 5.41) is 22.9. The van der Waals surface area contributed by atoms with Gasteiger partial charge in [0.25, 0.3) is 11.6 Å². The molecule has 0 aromatic heterocycles. The Kier molecular flexibility index (Phi) is 3.70. The van der Waals surface area contributed by atoms with Gasteiger partial charge in [-0.25, -0.2) is 0 Å². The minimum absolute atomic E-state index is 0.0879. The summed E-state index contributed by atoms with van der Waals surface area (Å²) < 4.78 is 0. The summed E-state index contributed by atoms with van der Waals surface area (Å²) in [6.45, 7) is 1.54. The molecule has 0 heterocycles. The second kappa shape index (κ2) is 5.29. The molecular weight excluding hydrogens is 258 g/mol. The van der Waals surface area contributed by atoms with Crippen LogP contribution in [0.15, 0.2) is 18.2 Å². The maximum Gasteiger partial charge on any atom is 0.273 e. The Hall–Kier alpha value is -2.42. The molecule has 1 N–H and O–H groups in total. The third-order valence-corrected chi connectivity index (χ3v) is 3.77. The molecule has 6 nitrogen and oxygen atoms in total. The minimum atomic E-state index is -0.825. The van der Waals surface area contributed by atoms with Crippen LogP contribution in [0.25, 0.3) is 0 Å². The van der Waals surface area contributed by atoms with Crippen LogP contribution in [0.3, 0.4) is 0 Å². The van der Waals surface area contributed by atoms with Gasteiger partial charge in [-0.05, 0) is 38.7 Å². The van der Waals surface area contributed by atoms with E-state index in [4.69, 9.17) is 0 Å². The largest absolute Gasteiger partial charge is 0.334 e. The molecule has 2 rings (SSSR count). The van der Waals surface area contributed by atoms with Crippen molar-refractivity contribution in [2.24, 2.45) is 0 Å². The Morgan fingerprint density at radius 3 is 2.65 bits per heavy atom. The number of amides is 1.